The van der Waals surface area contributed by atoms with Crippen molar-refractivity contribution in [2.24, 2.45) is 5.10 Å². The molecule has 0 bridgehead atoms. The first-order valence-corrected chi connectivity index (χ1v) is 6.82. The number of nitro benzene ring substituents is 2. The summed E-state index contributed by atoms with van der Waals surface area (Å²) in [7, 11) is 1.46. The van der Waals surface area contributed by atoms with E-state index in [9.17, 15) is 25.0 Å². The molecule has 0 radical (unpaired) electrons. The zero-order chi connectivity index (χ0) is 18.4. The summed E-state index contributed by atoms with van der Waals surface area (Å²) in [5.41, 5.74) is 1.73. The SMILES string of the molecule is COc1cccc(C(=O)N/N=C/c2cc([N+](=O)[O-])cc([N+](=O)[O-])c2)c1. The zero-order valence-electron chi connectivity index (χ0n) is 12.9. The molecular formula is C15H12N4O6. The first-order chi connectivity index (χ1) is 11.9. The summed E-state index contributed by atoms with van der Waals surface area (Å²) in [5.74, 6) is -0.0407. The first kappa shape index (κ1) is 17.5. The van der Waals surface area contributed by atoms with Crippen molar-refractivity contribution in [3.63, 3.8) is 0 Å². The molecule has 0 unspecified atom stereocenters. The number of nitro groups is 2. The van der Waals surface area contributed by atoms with Gasteiger partial charge in [-0.3, -0.25) is 25.0 Å². The Hall–Kier alpha value is -3.82. The molecule has 0 aliphatic carbocycles. The molecule has 0 atom stereocenters. The van der Waals surface area contributed by atoms with Crippen LogP contribution in [0.2, 0.25) is 0 Å². The number of non-ortho nitro benzene ring substituents is 2. The summed E-state index contributed by atoms with van der Waals surface area (Å²) in [5, 5.41) is 25.3. The van der Waals surface area contributed by atoms with Crippen LogP contribution in [0.25, 0.3) is 0 Å². The molecule has 0 aromatic heterocycles. The van der Waals surface area contributed by atoms with Crippen LogP contribution in [0, 0.1) is 20.2 Å². The van der Waals surface area contributed by atoms with Gasteiger partial charge in [-0.1, -0.05) is 6.07 Å². The second kappa shape index (κ2) is 7.64. The summed E-state index contributed by atoms with van der Waals surface area (Å²) >= 11 is 0. The average Bonchev–Trinajstić information content (AvgIpc) is 2.61. The fraction of sp³-hybridized carbons (Fsp3) is 0.0667. The Morgan fingerprint density at radius 1 is 1.12 bits per heavy atom. The molecule has 2 aromatic carbocycles. The molecule has 2 aromatic rings. The number of hydrogen-bond donors (Lipinski definition) is 1. The number of nitrogens with zero attached hydrogens (tertiary/aromatic N) is 3. The van der Waals surface area contributed by atoms with Crippen LogP contribution in [0.15, 0.2) is 47.6 Å². The standard InChI is InChI=1S/C15H12N4O6/c1-25-14-4-2-3-11(7-14)15(20)17-16-9-10-5-12(18(21)22)8-13(6-10)19(23)24/h2-9H,1H3,(H,17,20)/b16-9+. The van der Waals surface area contributed by atoms with E-state index in [-0.39, 0.29) is 5.56 Å². The second-order valence-corrected chi connectivity index (χ2v) is 4.73. The smallest absolute Gasteiger partial charge is 0.276 e. The number of carbonyl (C=O) groups is 1. The van der Waals surface area contributed by atoms with Gasteiger partial charge in [0.15, 0.2) is 0 Å². The maximum atomic E-state index is 12.0. The summed E-state index contributed by atoms with van der Waals surface area (Å²) < 4.78 is 5.00. The number of ether oxygens (including phenoxy) is 1. The van der Waals surface area contributed by atoms with Crippen molar-refractivity contribution in [3.05, 3.63) is 73.8 Å². The number of hydrazone groups is 1. The summed E-state index contributed by atoms with van der Waals surface area (Å²) in [4.78, 5) is 32.1. The van der Waals surface area contributed by atoms with Gasteiger partial charge in [-0.15, -0.1) is 0 Å². The molecular weight excluding hydrogens is 332 g/mol. The van der Waals surface area contributed by atoms with Gasteiger partial charge >= 0.3 is 0 Å². The molecule has 2 rings (SSSR count). The quantitative estimate of drug-likeness (QED) is 0.485. The molecule has 0 heterocycles. The Kier molecular flexibility index (Phi) is 5.36. The van der Waals surface area contributed by atoms with Crippen LogP contribution < -0.4 is 10.2 Å². The van der Waals surface area contributed by atoms with Gasteiger partial charge in [0.05, 0.1) is 29.2 Å². The predicted molar refractivity (Wildman–Crippen MR) is 87.8 cm³/mol. The number of benzene rings is 2. The van der Waals surface area contributed by atoms with Crippen molar-refractivity contribution in [1.29, 1.82) is 0 Å². The van der Waals surface area contributed by atoms with E-state index >= 15 is 0 Å². The van der Waals surface area contributed by atoms with Crippen LogP contribution in [-0.4, -0.2) is 29.1 Å². The fourth-order valence-corrected chi connectivity index (χ4v) is 1.90. The molecule has 0 aliphatic rings. The normalized spacial score (nSPS) is 10.4. The van der Waals surface area contributed by atoms with E-state index < -0.39 is 27.1 Å². The van der Waals surface area contributed by atoms with E-state index in [4.69, 9.17) is 4.74 Å². The molecule has 0 aliphatic heterocycles. The van der Waals surface area contributed by atoms with E-state index in [0.29, 0.717) is 11.3 Å². The molecule has 0 saturated carbocycles. The Bertz CT molecular complexity index is 833. The highest BCUT2D eigenvalue weighted by Gasteiger charge is 2.15. The number of rotatable bonds is 6. The Labute approximate surface area is 141 Å². The monoisotopic (exact) mass is 344 g/mol. The Morgan fingerprint density at radius 3 is 2.32 bits per heavy atom. The lowest BCUT2D eigenvalue weighted by atomic mass is 10.2. The Morgan fingerprint density at radius 2 is 1.76 bits per heavy atom. The number of hydrogen-bond acceptors (Lipinski definition) is 7. The Balaban J connectivity index is 2.17. The van der Waals surface area contributed by atoms with Crippen LogP contribution in [0.1, 0.15) is 15.9 Å². The molecule has 10 nitrogen and oxygen atoms in total. The highest BCUT2D eigenvalue weighted by molar-refractivity contribution is 5.95. The van der Waals surface area contributed by atoms with Crippen LogP contribution in [0.5, 0.6) is 5.75 Å². The summed E-state index contributed by atoms with van der Waals surface area (Å²) in [6.07, 6.45) is 1.08. The highest BCUT2D eigenvalue weighted by Crippen LogP contribution is 2.21. The van der Waals surface area contributed by atoms with Gasteiger partial charge in [-0.2, -0.15) is 5.10 Å². The molecule has 1 amide bonds. The van der Waals surface area contributed by atoms with Gasteiger partial charge < -0.3 is 4.74 Å². The minimum Gasteiger partial charge on any atom is -0.497 e. The van der Waals surface area contributed by atoms with E-state index in [1.54, 1.807) is 18.2 Å². The zero-order valence-corrected chi connectivity index (χ0v) is 12.9. The lowest BCUT2D eigenvalue weighted by Crippen LogP contribution is -2.17. The first-order valence-electron chi connectivity index (χ1n) is 6.82. The lowest BCUT2D eigenvalue weighted by Gasteiger charge is -2.03. The maximum Gasteiger partial charge on any atom is 0.276 e. The van der Waals surface area contributed by atoms with Gasteiger partial charge in [0.1, 0.15) is 5.75 Å². The van der Waals surface area contributed by atoms with Crippen molar-refractivity contribution < 1.29 is 19.4 Å². The summed E-state index contributed by atoms with van der Waals surface area (Å²) in [6.45, 7) is 0. The van der Waals surface area contributed by atoms with Crippen LogP contribution in [0.4, 0.5) is 11.4 Å². The third kappa shape index (κ3) is 4.58. The van der Waals surface area contributed by atoms with E-state index in [1.807, 2.05) is 0 Å². The number of amides is 1. The molecule has 0 fully saturated rings. The number of methoxy groups -OCH3 is 1. The second-order valence-electron chi connectivity index (χ2n) is 4.73. The van der Waals surface area contributed by atoms with Gasteiger partial charge in [0.2, 0.25) is 0 Å². The van der Waals surface area contributed by atoms with Gasteiger partial charge in [0.25, 0.3) is 17.3 Å². The van der Waals surface area contributed by atoms with E-state index in [0.717, 1.165) is 24.4 Å². The van der Waals surface area contributed by atoms with Crippen molar-refractivity contribution >= 4 is 23.5 Å². The van der Waals surface area contributed by atoms with Crippen molar-refractivity contribution in [1.82, 2.24) is 5.43 Å². The van der Waals surface area contributed by atoms with Gasteiger partial charge in [-0.25, -0.2) is 5.43 Å². The van der Waals surface area contributed by atoms with E-state index in [1.165, 1.54) is 13.2 Å². The largest absolute Gasteiger partial charge is 0.497 e. The molecule has 0 saturated heterocycles. The average molecular weight is 344 g/mol. The van der Waals surface area contributed by atoms with Crippen molar-refractivity contribution in [2.45, 2.75) is 0 Å². The third-order valence-electron chi connectivity index (χ3n) is 3.06. The van der Waals surface area contributed by atoms with E-state index in [2.05, 4.69) is 10.5 Å². The fourth-order valence-electron chi connectivity index (χ4n) is 1.90. The third-order valence-corrected chi connectivity index (χ3v) is 3.06. The number of nitrogens with one attached hydrogen (secondary N) is 1. The topological polar surface area (TPSA) is 137 Å². The van der Waals surface area contributed by atoms with Gasteiger partial charge in [0, 0.05) is 23.3 Å². The highest BCUT2D eigenvalue weighted by atomic mass is 16.6. The minimum atomic E-state index is -0.751. The molecule has 10 heteroatoms. The molecule has 1 N–H and O–H groups in total. The molecule has 128 valence electrons. The van der Waals surface area contributed by atoms with Crippen LogP contribution in [0.3, 0.4) is 0 Å². The molecule has 25 heavy (non-hydrogen) atoms. The predicted octanol–water partition coefficient (Wildman–Crippen LogP) is 2.28. The summed E-state index contributed by atoms with van der Waals surface area (Å²) in [6, 6.07) is 9.40. The maximum absolute atomic E-state index is 12.0. The van der Waals surface area contributed by atoms with Crippen LogP contribution >= 0.6 is 0 Å². The lowest BCUT2D eigenvalue weighted by molar-refractivity contribution is -0.394. The minimum absolute atomic E-state index is 0.104. The van der Waals surface area contributed by atoms with Crippen molar-refractivity contribution in [3.8, 4) is 5.75 Å². The molecule has 0 spiro atoms. The van der Waals surface area contributed by atoms with Crippen molar-refractivity contribution in [2.75, 3.05) is 7.11 Å². The number of carbonyl (C=O) groups excluding carboxylic acids is 1. The van der Waals surface area contributed by atoms with Gasteiger partial charge in [-0.05, 0) is 18.2 Å². The van der Waals surface area contributed by atoms with Crippen LogP contribution in [-0.2, 0) is 0 Å².